The highest BCUT2D eigenvalue weighted by molar-refractivity contribution is 7.88. The second-order valence-corrected chi connectivity index (χ2v) is 7.85. The minimum atomic E-state index is -3.20. The van der Waals surface area contributed by atoms with Crippen LogP contribution in [0.1, 0.15) is 18.6 Å². The molecule has 0 saturated carbocycles. The van der Waals surface area contributed by atoms with Gasteiger partial charge in [-0.2, -0.15) is 4.31 Å². The predicted octanol–water partition coefficient (Wildman–Crippen LogP) is 0.335. The fourth-order valence-corrected chi connectivity index (χ4v) is 3.93. The normalized spacial score (nSPS) is 29.2. The molecule has 0 spiro atoms. The van der Waals surface area contributed by atoms with Gasteiger partial charge in [-0.25, -0.2) is 8.42 Å². The van der Waals surface area contributed by atoms with Crippen molar-refractivity contribution in [2.75, 3.05) is 19.3 Å². The molecule has 0 bridgehead atoms. The average molecular weight is 328 g/mol. The molecule has 0 aromatic carbocycles. The number of carbonyl (C=O) groups excluding carboxylic acids is 1. The standard InChI is InChI=1S/C14H20N2O5S/c1-22(18,19)16-5-4-10-7-12(21-13(10)9-16)14(17)15-8-11-3-2-6-20-11/h2-3,6,10,12-13H,4-5,7-9H2,1H3,(H,15,17)/t10-,12-,13+/m1/s1. The molecule has 8 heteroatoms. The molecule has 1 N–H and O–H groups in total. The van der Waals surface area contributed by atoms with Gasteiger partial charge in [0.15, 0.2) is 0 Å². The van der Waals surface area contributed by atoms with Crippen LogP contribution < -0.4 is 5.32 Å². The van der Waals surface area contributed by atoms with Gasteiger partial charge in [-0.3, -0.25) is 4.79 Å². The number of carbonyl (C=O) groups is 1. The summed E-state index contributed by atoms with van der Waals surface area (Å²) in [5, 5.41) is 2.79. The van der Waals surface area contributed by atoms with Crippen molar-refractivity contribution in [3.8, 4) is 0 Å². The van der Waals surface area contributed by atoms with Gasteiger partial charge in [-0.05, 0) is 30.9 Å². The molecule has 3 heterocycles. The van der Waals surface area contributed by atoms with Crippen molar-refractivity contribution in [1.82, 2.24) is 9.62 Å². The lowest BCUT2D eigenvalue weighted by Crippen LogP contribution is -2.45. The molecular formula is C14H20N2O5S. The Morgan fingerprint density at radius 1 is 1.50 bits per heavy atom. The number of rotatable bonds is 4. The fourth-order valence-electron chi connectivity index (χ4n) is 3.07. The van der Waals surface area contributed by atoms with Crippen molar-refractivity contribution in [2.24, 2.45) is 5.92 Å². The molecule has 0 radical (unpaired) electrons. The van der Waals surface area contributed by atoms with Gasteiger partial charge in [0.2, 0.25) is 15.9 Å². The molecule has 3 atom stereocenters. The quantitative estimate of drug-likeness (QED) is 0.861. The summed E-state index contributed by atoms with van der Waals surface area (Å²) in [6, 6.07) is 3.56. The van der Waals surface area contributed by atoms with E-state index in [1.54, 1.807) is 18.4 Å². The monoisotopic (exact) mass is 328 g/mol. The van der Waals surface area contributed by atoms with E-state index >= 15 is 0 Å². The summed E-state index contributed by atoms with van der Waals surface area (Å²) in [5.41, 5.74) is 0. The number of hydrogen-bond acceptors (Lipinski definition) is 5. The lowest BCUT2D eigenvalue weighted by atomic mass is 9.93. The minimum absolute atomic E-state index is 0.170. The van der Waals surface area contributed by atoms with E-state index in [1.165, 1.54) is 10.6 Å². The average Bonchev–Trinajstić information content (AvgIpc) is 3.11. The number of nitrogens with zero attached hydrogens (tertiary/aromatic N) is 1. The van der Waals surface area contributed by atoms with Gasteiger partial charge in [0.1, 0.15) is 11.9 Å². The van der Waals surface area contributed by atoms with Crippen LogP contribution in [0.2, 0.25) is 0 Å². The number of amides is 1. The summed E-state index contributed by atoms with van der Waals surface area (Å²) >= 11 is 0. The third-order valence-electron chi connectivity index (χ3n) is 4.29. The van der Waals surface area contributed by atoms with Crippen LogP contribution in [0.5, 0.6) is 0 Å². The summed E-state index contributed by atoms with van der Waals surface area (Å²) in [4.78, 5) is 12.2. The molecule has 0 aliphatic carbocycles. The van der Waals surface area contributed by atoms with Crippen LogP contribution in [0.25, 0.3) is 0 Å². The first kappa shape index (κ1) is 15.5. The zero-order valence-electron chi connectivity index (χ0n) is 12.4. The number of ether oxygens (including phenoxy) is 1. The van der Waals surface area contributed by atoms with Crippen LogP contribution >= 0.6 is 0 Å². The molecule has 2 aliphatic heterocycles. The molecule has 2 aliphatic rings. The maximum atomic E-state index is 12.2. The number of hydrogen-bond donors (Lipinski definition) is 1. The van der Waals surface area contributed by atoms with E-state index in [-0.39, 0.29) is 17.9 Å². The largest absolute Gasteiger partial charge is 0.467 e. The number of furan rings is 1. The fraction of sp³-hybridized carbons (Fsp3) is 0.643. The Labute approximate surface area is 129 Å². The Morgan fingerprint density at radius 2 is 2.32 bits per heavy atom. The molecule has 7 nitrogen and oxygen atoms in total. The van der Waals surface area contributed by atoms with Crippen LogP contribution in [-0.2, 0) is 26.1 Å². The number of nitrogens with one attached hydrogen (secondary N) is 1. The first-order valence-corrected chi connectivity index (χ1v) is 9.19. The van der Waals surface area contributed by atoms with Gasteiger partial charge in [0.25, 0.3) is 0 Å². The zero-order valence-corrected chi connectivity index (χ0v) is 13.2. The maximum Gasteiger partial charge on any atom is 0.249 e. The molecule has 2 saturated heterocycles. The Balaban J connectivity index is 1.54. The van der Waals surface area contributed by atoms with Gasteiger partial charge in [-0.15, -0.1) is 0 Å². The molecular weight excluding hydrogens is 308 g/mol. The SMILES string of the molecule is CS(=O)(=O)N1CC[C@@H]2C[C@H](C(=O)NCc3ccco3)O[C@H]2C1. The van der Waals surface area contributed by atoms with Gasteiger partial charge < -0.3 is 14.5 Å². The molecule has 22 heavy (non-hydrogen) atoms. The van der Waals surface area contributed by atoms with Crippen LogP contribution in [-0.4, -0.2) is 50.2 Å². The van der Waals surface area contributed by atoms with Crippen LogP contribution in [0, 0.1) is 5.92 Å². The highest BCUT2D eigenvalue weighted by Crippen LogP contribution is 2.34. The van der Waals surface area contributed by atoms with Crippen LogP contribution in [0.15, 0.2) is 22.8 Å². The number of fused-ring (bicyclic) bond motifs is 1. The molecule has 122 valence electrons. The lowest BCUT2D eigenvalue weighted by Gasteiger charge is -2.32. The lowest BCUT2D eigenvalue weighted by molar-refractivity contribution is -0.132. The van der Waals surface area contributed by atoms with E-state index in [0.29, 0.717) is 31.8 Å². The van der Waals surface area contributed by atoms with Crippen molar-refractivity contribution < 1.29 is 22.4 Å². The summed E-state index contributed by atoms with van der Waals surface area (Å²) < 4.78 is 35.6. The minimum Gasteiger partial charge on any atom is -0.467 e. The van der Waals surface area contributed by atoms with E-state index in [4.69, 9.17) is 9.15 Å². The molecule has 1 aromatic rings. The highest BCUT2D eigenvalue weighted by Gasteiger charge is 2.43. The van der Waals surface area contributed by atoms with E-state index < -0.39 is 16.1 Å². The first-order valence-electron chi connectivity index (χ1n) is 7.34. The summed E-state index contributed by atoms with van der Waals surface area (Å²) in [6.07, 6.45) is 3.44. The van der Waals surface area contributed by atoms with Crippen molar-refractivity contribution in [3.63, 3.8) is 0 Å². The van der Waals surface area contributed by atoms with Crippen molar-refractivity contribution in [1.29, 1.82) is 0 Å². The topological polar surface area (TPSA) is 88.9 Å². The molecule has 2 fully saturated rings. The van der Waals surface area contributed by atoms with E-state index in [2.05, 4.69) is 5.32 Å². The van der Waals surface area contributed by atoms with Crippen molar-refractivity contribution >= 4 is 15.9 Å². The Bertz CT molecular complexity index is 628. The van der Waals surface area contributed by atoms with Gasteiger partial charge >= 0.3 is 0 Å². The first-order chi connectivity index (χ1) is 10.4. The summed E-state index contributed by atoms with van der Waals surface area (Å²) in [5.74, 6) is 0.765. The molecule has 1 amide bonds. The second-order valence-electron chi connectivity index (χ2n) is 5.87. The Morgan fingerprint density at radius 3 is 3.00 bits per heavy atom. The highest BCUT2D eigenvalue weighted by atomic mass is 32.2. The van der Waals surface area contributed by atoms with Gasteiger partial charge in [0, 0.05) is 13.1 Å². The molecule has 1 aromatic heterocycles. The summed E-state index contributed by atoms with van der Waals surface area (Å²) in [6.45, 7) is 1.17. The van der Waals surface area contributed by atoms with E-state index in [9.17, 15) is 13.2 Å². The van der Waals surface area contributed by atoms with Crippen LogP contribution in [0.4, 0.5) is 0 Å². The third kappa shape index (κ3) is 3.34. The van der Waals surface area contributed by atoms with E-state index in [0.717, 1.165) is 6.42 Å². The smallest absolute Gasteiger partial charge is 0.249 e. The van der Waals surface area contributed by atoms with Crippen molar-refractivity contribution in [2.45, 2.75) is 31.6 Å². The van der Waals surface area contributed by atoms with Crippen LogP contribution in [0.3, 0.4) is 0 Å². The van der Waals surface area contributed by atoms with Gasteiger partial charge in [0.05, 0.1) is 25.2 Å². The van der Waals surface area contributed by atoms with Crippen molar-refractivity contribution in [3.05, 3.63) is 24.2 Å². The molecule has 0 unspecified atom stereocenters. The second kappa shape index (κ2) is 6.02. The summed E-state index contributed by atoms with van der Waals surface area (Å²) in [7, 11) is -3.20. The zero-order chi connectivity index (χ0) is 15.7. The maximum absolute atomic E-state index is 12.2. The third-order valence-corrected chi connectivity index (χ3v) is 5.56. The Hall–Kier alpha value is -1.38. The number of piperidine rings is 1. The van der Waals surface area contributed by atoms with Gasteiger partial charge in [-0.1, -0.05) is 0 Å². The van der Waals surface area contributed by atoms with E-state index in [1.807, 2.05) is 0 Å². The molecule has 3 rings (SSSR count). The number of sulfonamides is 1. The Kier molecular flexibility index (Phi) is 4.24. The predicted molar refractivity (Wildman–Crippen MR) is 78.4 cm³/mol.